The number of nitrogens with zero attached hydrogens (tertiary/aromatic N) is 2. The number of non-ortho nitro benzene ring substituents is 1. The molecular weight excluding hydrogens is 334 g/mol. The standard InChI is InChI=1S/C19H21N3O4/c1-14-9-10-16(18(11-14)26-2)6-4-8-19(23)21-20-13-15-5-3-7-17(12-15)22(24)25/h3,5,7,9-13H,4,6,8H2,1-2H3,(H,21,23)/b20-13-. The van der Waals surface area contributed by atoms with E-state index in [1.165, 1.54) is 18.3 Å². The third kappa shape index (κ3) is 5.70. The Kier molecular flexibility index (Phi) is 6.84. The largest absolute Gasteiger partial charge is 0.496 e. The minimum atomic E-state index is -0.477. The number of hydrazone groups is 1. The molecule has 1 amide bonds. The molecule has 0 saturated carbocycles. The second-order valence-electron chi connectivity index (χ2n) is 5.81. The van der Waals surface area contributed by atoms with Crippen LogP contribution in [0.25, 0.3) is 0 Å². The molecule has 1 N–H and O–H groups in total. The van der Waals surface area contributed by atoms with Crippen molar-refractivity contribution in [1.82, 2.24) is 5.43 Å². The van der Waals surface area contributed by atoms with Gasteiger partial charge in [0.1, 0.15) is 5.75 Å². The maximum atomic E-state index is 11.8. The number of methoxy groups -OCH3 is 1. The van der Waals surface area contributed by atoms with Crippen LogP contribution in [0.2, 0.25) is 0 Å². The van der Waals surface area contributed by atoms with E-state index >= 15 is 0 Å². The fourth-order valence-electron chi connectivity index (χ4n) is 2.45. The molecule has 0 unspecified atom stereocenters. The zero-order chi connectivity index (χ0) is 18.9. The average Bonchev–Trinajstić information content (AvgIpc) is 2.63. The molecule has 26 heavy (non-hydrogen) atoms. The fraction of sp³-hybridized carbons (Fsp3) is 0.263. The van der Waals surface area contributed by atoms with Gasteiger partial charge in [0.05, 0.1) is 18.2 Å². The molecule has 0 heterocycles. The van der Waals surface area contributed by atoms with E-state index in [-0.39, 0.29) is 11.6 Å². The lowest BCUT2D eigenvalue weighted by atomic mass is 10.0. The van der Waals surface area contributed by atoms with Crippen LogP contribution in [0.3, 0.4) is 0 Å². The van der Waals surface area contributed by atoms with Crippen molar-refractivity contribution in [3.05, 3.63) is 69.3 Å². The molecule has 0 aromatic heterocycles. The first-order valence-electron chi connectivity index (χ1n) is 8.19. The van der Waals surface area contributed by atoms with Crippen molar-refractivity contribution >= 4 is 17.8 Å². The van der Waals surface area contributed by atoms with Crippen LogP contribution in [0.1, 0.15) is 29.5 Å². The summed E-state index contributed by atoms with van der Waals surface area (Å²) < 4.78 is 5.35. The van der Waals surface area contributed by atoms with Crippen molar-refractivity contribution in [2.45, 2.75) is 26.2 Å². The Morgan fingerprint density at radius 3 is 2.85 bits per heavy atom. The molecule has 0 atom stereocenters. The maximum absolute atomic E-state index is 11.8. The number of ether oxygens (including phenoxy) is 1. The van der Waals surface area contributed by atoms with Gasteiger partial charge >= 0.3 is 0 Å². The number of amides is 1. The number of nitrogens with one attached hydrogen (secondary N) is 1. The van der Waals surface area contributed by atoms with Crippen molar-refractivity contribution in [2.24, 2.45) is 5.10 Å². The molecule has 2 aromatic carbocycles. The van der Waals surface area contributed by atoms with Crippen LogP contribution in [0.5, 0.6) is 5.75 Å². The number of aryl methyl sites for hydroxylation is 2. The summed E-state index contributed by atoms with van der Waals surface area (Å²) in [6, 6.07) is 12.0. The van der Waals surface area contributed by atoms with Gasteiger partial charge in [-0.05, 0) is 37.0 Å². The molecule has 0 radical (unpaired) electrons. The van der Waals surface area contributed by atoms with E-state index in [2.05, 4.69) is 10.5 Å². The maximum Gasteiger partial charge on any atom is 0.270 e. The molecule has 0 bridgehead atoms. The van der Waals surface area contributed by atoms with E-state index in [4.69, 9.17) is 4.74 Å². The zero-order valence-corrected chi connectivity index (χ0v) is 14.8. The molecule has 0 aliphatic heterocycles. The predicted octanol–water partition coefficient (Wildman–Crippen LogP) is 3.38. The summed E-state index contributed by atoms with van der Waals surface area (Å²) >= 11 is 0. The molecule has 0 spiro atoms. The van der Waals surface area contributed by atoms with Gasteiger partial charge in [-0.3, -0.25) is 14.9 Å². The number of hydrogen-bond acceptors (Lipinski definition) is 5. The first kappa shape index (κ1) is 19.1. The highest BCUT2D eigenvalue weighted by Gasteiger charge is 2.06. The molecule has 7 nitrogen and oxygen atoms in total. The summed E-state index contributed by atoms with van der Waals surface area (Å²) in [5.74, 6) is 0.617. The van der Waals surface area contributed by atoms with Gasteiger partial charge in [-0.15, -0.1) is 0 Å². The van der Waals surface area contributed by atoms with E-state index in [1.807, 2.05) is 25.1 Å². The second-order valence-corrected chi connectivity index (χ2v) is 5.81. The summed E-state index contributed by atoms with van der Waals surface area (Å²) in [6.07, 6.45) is 3.10. The van der Waals surface area contributed by atoms with Gasteiger partial charge in [-0.2, -0.15) is 5.10 Å². The molecule has 136 valence electrons. The van der Waals surface area contributed by atoms with Crippen molar-refractivity contribution in [3.8, 4) is 5.75 Å². The Morgan fingerprint density at radius 2 is 2.12 bits per heavy atom. The lowest BCUT2D eigenvalue weighted by molar-refractivity contribution is -0.384. The number of carbonyl (C=O) groups is 1. The molecule has 0 aliphatic rings. The number of rotatable bonds is 8. The third-order valence-electron chi connectivity index (χ3n) is 3.78. The van der Waals surface area contributed by atoms with Gasteiger partial charge in [-0.1, -0.05) is 24.3 Å². The van der Waals surface area contributed by atoms with Crippen LogP contribution in [-0.4, -0.2) is 24.2 Å². The van der Waals surface area contributed by atoms with Gasteiger partial charge in [0.25, 0.3) is 5.69 Å². The fourth-order valence-corrected chi connectivity index (χ4v) is 2.45. The summed E-state index contributed by atoms with van der Waals surface area (Å²) in [4.78, 5) is 22.1. The van der Waals surface area contributed by atoms with E-state index in [0.717, 1.165) is 23.3 Å². The average molecular weight is 355 g/mol. The molecule has 2 aromatic rings. The Morgan fingerprint density at radius 1 is 1.31 bits per heavy atom. The van der Waals surface area contributed by atoms with Gasteiger partial charge in [0.15, 0.2) is 0 Å². The summed E-state index contributed by atoms with van der Waals surface area (Å²) in [6.45, 7) is 2.00. The summed E-state index contributed by atoms with van der Waals surface area (Å²) in [7, 11) is 1.63. The Bertz CT molecular complexity index is 818. The van der Waals surface area contributed by atoms with Crippen LogP contribution >= 0.6 is 0 Å². The summed E-state index contributed by atoms with van der Waals surface area (Å²) in [5, 5.41) is 14.6. The van der Waals surface area contributed by atoms with Crippen LogP contribution in [0.4, 0.5) is 5.69 Å². The smallest absolute Gasteiger partial charge is 0.270 e. The predicted molar refractivity (Wildman–Crippen MR) is 99.5 cm³/mol. The number of benzene rings is 2. The number of carbonyl (C=O) groups excluding carboxylic acids is 1. The van der Waals surface area contributed by atoms with Gasteiger partial charge in [0, 0.05) is 24.1 Å². The molecule has 0 aliphatic carbocycles. The lowest BCUT2D eigenvalue weighted by Crippen LogP contribution is -2.17. The van der Waals surface area contributed by atoms with Crippen molar-refractivity contribution in [2.75, 3.05) is 7.11 Å². The molecule has 7 heteroatoms. The highest BCUT2D eigenvalue weighted by Crippen LogP contribution is 2.21. The first-order chi connectivity index (χ1) is 12.5. The monoisotopic (exact) mass is 355 g/mol. The third-order valence-corrected chi connectivity index (χ3v) is 3.78. The van der Waals surface area contributed by atoms with E-state index in [0.29, 0.717) is 18.4 Å². The highest BCUT2D eigenvalue weighted by molar-refractivity contribution is 5.83. The van der Waals surface area contributed by atoms with E-state index in [1.54, 1.807) is 19.2 Å². The second kappa shape index (κ2) is 9.31. The quantitative estimate of drug-likeness (QED) is 0.446. The van der Waals surface area contributed by atoms with Crippen molar-refractivity contribution in [1.29, 1.82) is 0 Å². The van der Waals surface area contributed by atoms with Crippen LogP contribution in [0, 0.1) is 17.0 Å². The minimum Gasteiger partial charge on any atom is -0.496 e. The molecule has 0 saturated heterocycles. The SMILES string of the molecule is COc1cc(C)ccc1CCCC(=O)N/N=C\c1cccc([N+](=O)[O-])c1. The number of hydrogen-bond donors (Lipinski definition) is 1. The Hall–Kier alpha value is -3.22. The number of nitro groups is 1. The van der Waals surface area contributed by atoms with Crippen LogP contribution in [0.15, 0.2) is 47.6 Å². The first-order valence-corrected chi connectivity index (χ1v) is 8.19. The lowest BCUT2D eigenvalue weighted by Gasteiger charge is -2.09. The van der Waals surface area contributed by atoms with Crippen LogP contribution in [-0.2, 0) is 11.2 Å². The highest BCUT2D eigenvalue weighted by atomic mass is 16.6. The van der Waals surface area contributed by atoms with Crippen molar-refractivity contribution in [3.63, 3.8) is 0 Å². The van der Waals surface area contributed by atoms with Gasteiger partial charge in [0.2, 0.25) is 5.91 Å². The normalized spacial score (nSPS) is 10.7. The molecule has 0 fully saturated rings. The Balaban J connectivity index is 1.80. The molecular formula is C19H21N3O4. The van der Waals surface area contributed by atoms with Crippen LogP contribution < -0.4 is 10.2 Å². The van der Waals surface area contributed by atoms with E-state index in [9.17, 15) is 14.9 Å². The number of nitro benzene ring substituents is 1. The van der Waals surface area contributed by atoms with Gasteiger partial charge in [-0.25, -0.2) is 5.43 Å². The minimum absolute atomic E-state index is 0.0210. The Labute approximate surface area is 151 Å². The molecule has 2 rings (SSSR count). The zero-order valence-electron chi connectivity index (χ0n) is 14.8. The topological polar surface area (TPSA) is 93.8 Å². The van der Waals surface area contributed by atoms with E-state index < -0.39 is 4.92 Å². The van der Waals surface area contributed by atoms with Gasteiger partial charge < -0.3 is 4.74 Å². The van der Waals surface area contributed by atoms with Crippen molar-refractivity contribution < 1.29 is 14.5 Å². The summed E-state index contributed by atoms with van der Waals surface area (Å²) in [5.41, 5.74) is 5.14.